The first-order valence-electron chi connectivity index (χ1n) is 11.2. The highest BCUT2D eigenvalue weighted by atomic mass is 32.2. The van der Waals surface area contributed by atoms with Crippen molar-refractivity contribution in [2.75, 3.05) is 25.4 Å². The zero-order chi connectivity index (χ0) is 24.0. The number of allylic oxidation sites excluding steroid dienone is 1. The second-order valence-corrected chi connectivity index (χ2v) is 11.3. The molecule has 0 saturated heterocycles. The molecule has 3 rings (SSSR count). The van der Waals surface area contributed by atoms with Crippen LogP contribution in [0.3, 0.4) is 0 Å². The number of hydrogen-bond donors (Lipinski definition) is 1. The number of carbonyl (C=O) groups is 1. The Hall–Kier alpha value is -2.29. The molecule has 178 valence electrons. The van der Waals surface area contributed by atoms with Gasteiger partial charge in [-0.3, -0.25) is 4.79 Å². The van der Waals surface area contributed by atoms with E-state index in [-0.39, 0.29) is 18.5 Å². The molecule has 0 radical (unpaired) electrons. The minimum absolute atomic E-state index is 0.000169. The summed E-state index contributed by atoms with van der Waals surface area (Å²) in [5.41, 5.74) is 2.12. The van der Waals surface area contributed by atoms with Crippen molar-refractivity contribution in [1.82, 2.24) is 9.21 Å². The highest BCUT2D eigenvalue weighted by Gasteiger charge is 2.35. The van der Waals surface area contributed by atoms with E-state index in [0.717, 1.165) is 28.2 Å². The van der Waals surface area contributed by atoms with Crippen molar-refractivity contribution in [3.63, 3.8) is 0 Å². The number of hydrogen-bond acceptors (Lipinski definition) is 5. The maximum absolute atomic E-state index is 13.1. The van der Waals surface area contributed by atoms with Crippen LogP contribution in [0.2, 0.25) is 0 Å². The molecule has 1 aromatic rings. The number of nitrogens with zero attached hydrogens (tertiary/aromatic N) is 2. The monoisotopic (exact) mass is 488 g/mol. The minimum Gasteiger partial charge on any atom is -0.480 e. The van der Waals surface area contributed by atoms with Crippen LogP contribution in [0.25, 0.3) is 0 Å². The van der Waals surface area contributed by atoms with Crippen molar-refractivity contribution >= 4 is 27.8 Å². The van der Waals surface area contributed by atoms with Crippen molar-refractivity contribution in [3.8, 4) is 0 Å². The van der Waals surface area contributed by atoms with Crippen molar-refractivity contribution in [3.05, 3.63) is 72.5 Å². The molecule has 2 atom stereocenters. The van der Waals surface area contributed by atoms with Gasteiger partial charge in [0.05, 0.1) is 10.9 Å². The third-order valence-corrected chi connectivity index (χ3v) is 8.64. The SMILES string of the molecule is C=CC1C(/C=C/CC)C(C2=CCN(S(=O)(=O)c3ccc(SCC)cc3)CC2)=CN1CC(=O)O. The summed E-state index contributed by atoms with van der Waals surface area (Å²) in [7, 11) is -3.57. The van der Waals surface area contributed by atoms with E-state index in [1.807, 2.05) is 24.4 Å². The molecule has 2 aliphatic heterocycles. The van der Waals surface area contributed by atoms with Gasteiger partial charge in [0.15, 0.2) is 0 Å². The number of aliphatic carboxylic acids is 1. The lowest BCUT2D eigenvalue weighted by Crippen LogP contribution is -2.35. The second-order valence-electron chi connectivity index (χ2n) is 7.99. The molecule has 0 fully saturated rings. The molecule has 0 spiro atoms. The van der Waals surface area contributed by atoms with Gasteiger partial charge in [-0.25, -0.2) is 8.42 Å². The third kappa shape index (κ3) is 5.80. The van der Waals surface area contributed by atoms with Crippen LogP contribution in [-0.4, -0.2) is 60.1 Å². The van der Waals surface area contributed by atoms with E-state index >= 15 is 0 Å². The summed E-state index contributed by atoms with van der Waals surface area (Å²) >= 11 is 1.68. The minimum atomic E-state index is -3.57. The Morgan fingerprint density at radius 2 is 2.00 bits per heavy atom. The fraction of sp³-hybridized carbons (Fsp3) is 0.400. The van der Waals surface area contributed by atoms with Crippen LogP contribution >= 0.6 is 11.8 Å². The molecular formula is C25H32N2O4S2. The molecule has 0 aliphatic carbocycles. The van der Waals surface area contributed by atoms with Crippen LogP contribution < -0.4 is 0 Å². The Morgan fingerprint density at radius 1 is 1.27 bits per heavy atom. The fourth-order valence-corrected chi connectivity index (χ4v) is 6.32. The summed E-state index contributed by atoms with van der Waals surface area (Å²) in [6.45, 7) is 8.63. The quantitative estimate of drug-likeness (QED) is 0.385. The maximum Gasteiger partial charge on any atom is 0.323 e. The molecule has 2 aliphatic rings. The number of carboxylic acids is 1. The smallest absolute Gasteiger partial charge is 0.323 e. The Bertz CT molecular complexity index is 1060. The molecule has 0 bridgehead atoms. The zero-order valence-corrected chi connectivity index (χ0v) is 20.8. The predicted molar refractivity (Wildman–Crippen MR) is 134 cm³/mol. The maximum atomic E-state index is 13.1. The van der Waals surface area contributed by atoms with Crippen LogP contribution in [0.5, 0.6) is 0 Å². The van der Waals surface area contributed by atoms with Gasteiger partial charge in [-0.2, -0.15) is 4.31 Å². The Labute approximate surface area is 201 Å². The van der Waals surface area contributed by atoms with Crippen molar-refractivity contribution in [1.29, 1.82) is 0 Å². The average Bonchev–Trinajstić information content (AvgIpc) is 3.14. The summed E-state index contributed by atoms with van der Waals surface area (Å²) in [6, 6.07) is 6.92. The fourth-order valence-electron chi connectivity index (χ4n) is 4.28. The van der Waals surface area contributed by atoms with Crippen molar-refractivity contribution in [2.45, 2.75) is 42.5 Å². The van der Waals surface area contributed by atoms with Crippen LogP contribution in [-0.2, 0) is 14.8 Å². The van der Waals surface area contributed by atoms with Gasteiger partial charge in [0.25, 0.3) is 0 Å². The van der Waals surface area contributed by atoms with Crippen LogP contribution in [0.1, 0.15) is 26.7 Å². The predicted octanol–water partition coefficient (Wildman–Crippen LogP) is 4.54. The van der Waals surface area contributed by atoms with Gasteiger partial charge in [-0.05, 0) is 54.0 Å². The molecule has 1 N–H and O–H groups in total. The van der Waals surface area contributed by atoms with Gasteiger partial charge in [-0.15, -0.1) is 18.3 Å². The van der Waals surface area contributed by atoms with Gasteiger partial charge in [0, 0.05) is 30.1 Å². The molecule has 8 heteroatoms. The summed E-state index contributed by atoms with van der Waals surface area (Å²) in [6.07, 6.45) is 11.3. The standard InChI is InChI=1S/C25H32N2O4S2/c1-4-7-8-22-23(17-26(18-25(28)29)24(22)5-2)19-13-15-27(16-14-19)33(30,31)21-11-9-20(10-12-21)32-6-3/h5,7-13,17,22,24H,2,4,6,14-16,18H2,1,3H3,(H,28,29)/b8-7+. The molecule has 33 heavy (non-hydrogen) atoms. The molecular weight excluding hydrogens is 456 g/mol. The summed E-state index contributed by atoms with van der Waals surface area (Å²) in [5.74, 6) is 0.0443. The van der Waals surface area contributed by atoms with Gasteiger partial charge < -0.3 is 10.0 Å². The number of sulfonamides is 1. The number of thioether (sulfide) groups is 1. The largest absolute Gasteiger partial charge is 0.480 e. The summed E-state index contributed by atoms with van der Waals surface area (Å²) < 4.78 is 27.8. The normalized spacial score (nSPS) is 21.8. The van der Waals surface area contributed by atoms with E-state index in [0.29, 0.717) is 24.4 Å². The van der Waals surface area contributed by atoms with Gasteiger partial charge in [0.2, 0.25) is 10.0 Å². The van der Waals surface area contributed by atoms with Crippen LogP contribution in [0.15, 0.2) is 82.3 Å². The lowest BCUT2D eigenvalue weighted by atomic mass is 9.87. The van der Waals surface area contributed by atoms with E-state index in [4.69, 9.17) is 0 Å². The number of rotatable bonds is 10. The summed E-state index contributed by atoms with van der Waals surface area (Å²) in [4.78, 5) is 14.5. The van der Waals surface area contributed by atoms with E-state index in [2.05, 4.69) is 32.6 Å². The first-order chi connectivity index (χ1) is 15.8. The topological polar surface area (TPSA) is 77.9 Å². The van der Waals surface area contributed by atoms with E-state index < -0.39 is 16.0 Å². The molecule has 0 aromatic heterocycles. The number of carboxylic acid groups (broad SMARTS) is 1. The zero-order valence-electron chi connectivity index (χ0n) is 19.2. The molecule has 6 nitrogen and oxygen atoms in total. The first-order valence-corrected chi connectivity index (χ1v) is 13.6. The van der Waals surface area contributed by atoms with Gasteiger partial charge in [0.1, 0.15) is 6.54 Å². The lowest BCUT2D eigenvalue weighted by Gasteiger charge is -2.28. The van der Waals surface area contributed by atoms with Crippen molar-refractivity contribution < 1.29 is 18.3 Å². The lowest BCUT2D eigenvalue weighted by molar-refractivity contribution is -0.137. The molecule has 2 heterocycles. The van der Waals surface area contributed by atoms with Gasteiger partial charge >= 0.3 is 5.97 Å². The Balaban J connectivity index is 1.82. The van der Waals surface area contributed by atoms with Gasteiger partial charge in [-0.1, -0.05) is 38.2 Å². The van der Waals surface area contributed by atoms with Crippen LogP contribution in [0.4, 0.5) is 0 Å². The van der Waals surface area contributed by atoms with Crippen LogP contribution in [0, 0.1) is 5.92 Å². The molecule has 0 saturated carbocycles. The molecule has 2 unspecified atom stereocenters. The molecule has 1 aromatic carbocycles. The van der Waals surface area contributed by atoms with Crippen molar-refractivity contribution in [2.24, 2.45) is 5.92 Å². The second kappa shape index (κ2) is 11.2. The van der Waals surface area contributed by atoms with E-state index in [1.165, 1.54) is 4.31 Å². The summed E-state index contributed by atoms with van der Waals surface area (Å²) in [5, 5.41) is 9.31. The highest BCUT2D eigenvalue weighted by molar-refractivity contribution is 7.99. The Morgan fingerprint density at radius 3 is 2.55 bits per heavy atom. The Kier molecular flexibility index (Phi) is 8.62. The molecule has 0 amide bonds. The average molecular weight is 489 g/mol. The van der Waals surface area contributed by atoms with E-state index in [1.54, 1.807) is 34.9 Å². The first kappa shape index (κ1) is 25.3. The third-order valence-electron chi connectivity index (χ3n) is 5.87. The van der Waals surface area contributed by atoms with E-state index in [9.17, 15) is 18.3 Å². The number of benzene rings is 1. The highest BCUT2D eigenvalue weighted by Crippen LogP contribution is 2.37.